The van der Waals surface area contributed by atoms with Crippen LogP contribution in [0.3, 0.4) is 0 Å². The Morgan fingerprint density at radius 3 is 2.72 bits per heavy atom. The minimum atomic E-state index is -2.89. The number of carbonyl (C=O) groups excluding carboxylic acids is 1. The van der Waals surface area contributed by atoms with Crippen molar-refractivity contribution < 1.29 is 23.4 Å². The highest BCUT2D eigenvalue weighted by molar-refractivity contribution is 5.90. The number of para-hydroxylation sites is 2. The Labute approximate surface area is 103 Å². The average Bonchev–Trinajstić information content (AvgIpc) is 2.36. The van der Waals surface area contributed by atoms with E-state index in [2.05, 4.69) is 10.6 Å². The van der Waals surface area contributed by atoms with Crippen molar-refractivity contribution in [3.8, 4) is 5.75 Å². The van der Waals surface area contributed by atoms with Crippen LogP contribution in [0.25, 0.3) is 0 Å². The molecule has 1 aromatic carbocycles. The zero-order valence-corrected chi connectivity index (χ0v) is 9.69. The average molecular weight is 260 g/mol. The number of benzene rings is 1. The Morgan fingerprint density at radius 2 is 2.11 bits per heavy atom. The molecule has 1 aromatic rings. The number of nitrogens with one attached hydrogen (secondary N) is 2. The van der Waals surface area contributed by atoms with Gasteiger partial charge in [-0.15, -0.1) is 0 Å². The van der Waals surface area contributed by atoms with E-state index in [9.17, 15) is 13.6 Å². The van der Waals surface area contributed by atoms with Crippen molar-refractivity contribution in [1.29, 1.82) is 0 Å². The predicted octanol–water partition coefficient (Wildman–Crippen LogP) is 1.44. The van der Waals surface area contributed by atoms with E-state index < -0.39 is 25.1 Å². The molecule has 5 nitrogen and oxygen atoms in total. The maximum atomic E-state index is 12.0. The molecule has 1 atom stereocenters. The molecular formula is C11H14F2N2O3. The van der Waals surface area contributed by atoms with E-state index in [1.54, 1.807) is 24.3 Å². The van der Waals surface area contributed by atoms with E-state index in [0.717, 1.165) is 0 Å². The summed E-state index contributed by atoms with van der Waals surface area (Å²) in [5.41, 5.74) is 0.407. The van der Waals surface area contributed by atoms with Crippen LogP contribution >= 0.6 is 0 Å². The number of urea groups is 1. The first-order valence-corrected chi connectivity index (χ1v) is 5.18. The monoisotopic (exact) mass is 260 g/mol. The third kappa shape index (κ3) is 4.17. The fraction of sp³-hybridized carbons (Fsp3) is 0.364. The van der Waals surface area contributed by atoms with Crippen LogP contribution in [0.15, 0.2) is 24.3 Å². The molecule has 0 fully saturated rings. The van der Waals surface area contributed by atoms with Crippen LogP contribution in [0.1, 0.15) is 0 Å². The Hall–Kier alpha value is -1.89. The first kappa shape index (κ1) is 14.2. The first-order chi connectivity index (χ1) is 8.54. The normalized spacial score (nSPS) is 12.1. The van der Waals surface area contributed by atoms with E-state index in [0.29, 0.717) is 11.4 Å². The molecule has 1 rings (SSSR count). The zero-order valence-electron chi connectivity index (χ0n) is 9.69. The maximum absolute atomic E-state index is 12.0. The van der Waals surface area contributed by atoms with E-state index in [4.69, 9.17) is 9.84 Å². The van der Waals surface area contributed by atoms with Crippen molar-refractivity contribution in [2.24, 2.45) is 0 Å². The summed E-state index contributed by atoms with van der Waals surface area (Å²) < 4.78 is 29.0. The number of anilines is 1. The van der Waals surface area contributed by atoms with Crippen LogP contribution in [0, 0.1) is 0 Å². The fourth-order valence-electron chi connectivity index (χ4n) is 1.20. The van der Waals surface area contributed by atoms with Crippen molar-refractivity contribution in [2.75, 3.05) is 19.0 Å². The number of carbonyl (C=O) groups is 1. The molecule has 0 aliphatic carbocycles. The molecule has 7 heteroatoms. The Kier molecular flexibility index (Phi) is 5.31. The second-order valence-electron chi connectivity index (χ2n) is 3.44. The molecular weight excluding hydrogens is 246 g/mol. The molecule has 0 radical (unpaired) electrons. The van der Waals surface area contributed by atoms with Crippen molar-refractivity contribution in [2.45, 2.75) is 12.5 Å². The highest BCUT2D eigenvalue weighted by atomic mass is 19.3. The van der Waals surface area contributed by atoms with Gasteiger partial charge < -0.3 is 20.5 Å². The van der Waals surface area contributed by atoms with Crippen LogP contribution in [0.4, 0.5) is 19.3 Å². The third-order valence-corrected chi connectivity index (χ3v) is 2.12. The number of hydrogen-bond donors (Lipinski definition) is 3. The van der Waals surface area contributed by atoms with Crippen LogP contribution in [0.2, 0.25) is 0 Å². The molecule has 0 saturated heterocycles. The molecule has 0 aromatic heterocycles. The number of halogens is 2. The predicted molar refractivity (Wildman–Crippen MR) is 62.0 cm³/mol. The SMILES string of the molecule is COc1ccccc1NC(=O)NCC(O)C(F)F. The summed E-state index contributed by atoms with van der Waals surface area (Å²) in [5.74, 6) is 0.446. The van der Waals surface area contributed by atoms with Gasteiger partial charge in [-0.25, -0.2) is 13.6 Å². The van der Waals surface area contributed by atoms with Crippen LogP contribution in [0.5, 0.6) is 5.75 Å². The molecule has 0 spiro atoms. The summed E-state index contributed by atoms with van der Waals surface area (Å²) >= 11 is 0. The zero-order chi connectivity index (χ0) is 13.5. The maximum Gasteiger partial charge on any atom is 0.319 e. The van der Waals surface area contributed by atoms with E-state index in [1.807, 2.05) is 0 Å². The molecule has 1 unspecified atom stereocenters. The smallest absolute Gasteiger partial charge is 0.319 e. The lowest BCUT2D eigenvalue weighted by molar-refractivity contribution is -0.00155. The molecule has 3 N–H and O–H groups in total. The molecule has 0 aliphatic rings. The minimum Gasteiger partial charge on any atom is -0.495 e. The highest BCUT2D eigenvalue weighted by Crippen LogP contribution is 2.22. The number of methoxy groups -OCH3 is 1. The van der Waals surface area contributed by atoms with Gasteiger partial charge >= 0.3 is 6.03 Å². The Bertz CT molecular complexity index is 402. The van der Waals surface area contributed by atoms with Crippen LogP contribution < -0.4 is 15.4 Å². The summed E-state index contributed by atoms with van der Waals surface area (Å²) in [5, 5.41) is 13.4. The number of aliphatic hydroxyl groups is 1. The first-order valence-electron chi connectivity index (χ1n) is 5.18. The van der Waals surface area contributed by atoms with Gasteiger partial charge in [0.1, 0.15) is 11.9 Å². The molecule has 18 heavy (non-hydrogen) atoms. The lowest BCUT2D eigenvalue weighted by Crippen LogP contribution is -2.38. The standard InChI is InChI=1S/C11H14F2N2O3/c1-18-9-5-3-2-4-7(9)15-11(17)14-6-8(16)10(12)13/h2-5,8,10,16H,6H2,1H3,(H2,14,15,17). The Morgan fingerprint density at radius 1 is 1.44 bits per heavy atom. The van der Waals surface area contributed by atoms with Gasteiger partial charge in [0.15, 0.2) is 0 Å². The quantitative estimate of drug-likeness (QED) is 0.750. The number of alkyl halides is 2. The molecule has 0 bridgehead atoms. The molecule has 100 valence electrons. The van der Waals surface area contributed by atoms with Gasteiger partial charge in [-0.05, 0) is 12.1 Å². The lowest BCUT2D eigenvalue weighted by atomic mass is 10.3. The summed E-state index contributed by atoms with van der Waals surface area (Å²) in [6.07, 6.45) is -4.77. The number of rotatable bonds is 5. The minimum absolute atomic E-state index is 0.407. The van der Waals surface area contributed by atoms with Crippen molar-refractivity contribution >= 4 is 11.7 Å². The second-order valence-corrected chi connectivity index (χ2v) is 3.44. The lowest BCUT2D eigenvalue weighted by Gasteiger charge is -2.13. The number of amides is 2. The summed E-state index contributed by atoms with van der Waals surface area (Å²) in [6, 6.07) is 5.96. The summed E-state index contributed by atoms with van der Waals surface area (Å²) in [6.45, 7) is -0.529. The number of ether oxygens (including phenoxy) is 1. The van der Waals surface area contributed by atoms with Crippen LogP contribution in [-0.2, 0) is 0 Å². The van der Waals surface area contributed by atoms with Gasteiger partial charge in [0.25, 0.3) is 6.43 Å². The third-order valence-electron chi connectivity index (χ3n) is 2.12. The number of aliphatic hydroxyl groups excluding tert-OH is 1. The fourth-order valence-corrected chi connectivity index (χ4v) is 1.20. The largest absolute Gasteiger partial charge is 0.495 e. The van der Waals surface area contributed by atoms with Crippen molar-refractivity contribution in [3.05, 3.63) is 24.3 Å². The van der Waals surface area contributed by atoms with Gasteiger partial charge in [0.2, 0.25) is 0 Å². The highest BCUT2D eigenvalue weighted by Gasteiger charge is 2.17. The van der Waals surface area contributed by atoms with Gasteiger partial charge in [-0.1, -0.05) is 12.1 Å². The van der Waals surface area contributed by atoms with E-state index in [-0.39, 0.29) is 0 Å². The van der Waals surface area contributed by atoms with Gasteiger partial charge in [-0.3, -0.25) is 0 Å². The summed E-state index contributed by atoms with van der Waals surface area (Å²) in [4.78, 5) is 11.4. The molecule has 2 amide bonds. The molecule has 0 heterocycles. The Balaban J connectivity index is 2.49. The number of hydrogen-bond acceptors (Lipinski definition) is 3. The topological polar surface area (TPSA) is 70.6 Å². The molecule has 0 aliphatic heterocycles. The van der Waals surface area contributed by atoms with E-state index >= 15 is 0 Å². The second kappa shape index (κ2) is 6.75. The van der Waals surface area contributed by atoms with Gasteiger partial charge in [0.05, 0.1) is 19.3 Å². The molecule has 0 saturated carbocycles. The van der Waals surface area contributed by atoms with E-state index in [1.165, 1.54) is 7.11 Å². The van der Waals surface area contributed by atoms with Crippen LogP contribution in [-0.4, -0.2) is 37.3 Å². The van der Waals surface area contributed by atoms with Crippen molar-refractivity contribution in [3.63, 3.8) is 0 Å². The van der Waals surface area contributed by atoms with Crippen molar-refractivity contribution in [1.82, 2.24) is 5.32 Å². The summed E-state index contributed by atoms with van der Waals surface area (Å²) in [7, 11) is 1.44. The van der Waals surface area contributed by atoms with Gasteiger partial charge in [-0.2, -0.15) is 0 Å². The van der Waals surface area contributed by atoms with Gasteiger partial charge in [0, 0.05) is 0 Å².